The van der Waals surface area contributed by atoms with Crippen molar-refractivity contribution in [2.45, 2.75) is 32.7 Å². The highest BCUT2D eigenvalue weighted by Gasteiger charge is 2.35. The minimum Gasteiger partial charge on any atom is -0.353 e. The first kappa shape index (κ1) is 9.52. The molecule has 0 aliphatic carbocycles. The Morgan fingerprint density at radius 2 is 2.17 bits per heavy atom. The van der Waals surface area contributed by atoms with Crippen molar-refractivity contribution in [2.75, 3.05) is 13.1 Å². The largest absolute Gasteiger partial charge is 0.353 e. The van der Waals surface area contributed by atoms with Gasteiger partial charge in [0, 0.05) is 13.1 Å². The van der Waals surface area contributed by atoms with Gasteiger partial charge in [-0.15, -0.1) is 0 Å². The van der Waals surface area contributed by atoms with Crippen LogP contribution in [0.4, 0.5) is 0 Å². The van der Waals surface area contributed by atoms with Crippen molar-refractivity contribution in [1.82, 2.24) is 10.6 Å². The Morgan fingerprint density at radius 3 is 2.67 bits per heavy atom. The fraction of sp³-hybridized carbons (Fsp3) is 0.889. The van der Waals surface area contributed by atoms with Gasteiger partial charge in [-0.05, 0) is 19.3 Å². The van der Waals surface area contributed by atoms with Crippen molar-refractivity contribution in [3.8, 4) is 0 Å². The van der Waals surface area contributed by atoms with E-state index in [9.17, 15) is 4.79 Å². The van der Waals surface area contributed by atoms with Crippen LogP contribution < -0.4 is 10.6 Å². The highest BCUT2D eigenvalue weighted by atomic mass is 16.2. The fourth-order valence-corrected chi connectivity index (χ4v) is 1.77. The number of carbonyl (C=O) groups is 1. The maximum absolute atomic E-state index is 11.5. The molecule has 1 fully saturated rings. The number of carbonyl (C=O) groups excluding carboxylic acids is 1. The van der Waals surface area contributed by atoms with Gasteiger partial charge < -0.3 is 10.6 Å². The maximum Gasteiger partial charge on any atom is 0.240 e. The van der Waals surface area contributed by atoms with Crippen LogP contribution in [0.3, 0.4) is 0 Å². The van der Waals surface area contributed by atoms with E-state index in [1.165, 1.54) is 0 Å². The van der Waals surface area contributed by atoms with E-state index in [1.54, 1.807) is 0 Å². The van der Waals surface area contributed by atoms with Crippen molar-refractivity contribution >= 4 is 5.91 Å². The summed E-state index contributed by atoms with van der Waals surface area (Å²) in [6.45, 7) is 7.88. The third-order valence-corrected chi connectivity index (χ3v) is 2.24. The standard InChI is InChI=1S/C9H18N2O/c1-7(2)6-9(3)8(12)10-4-5-11-9/h7,11H,4-6H2,1-3H3,(H,10,12). The molecular weight excluding hydrogens is 152 g/mol. The molecule has 0 aromatic carbocycles. The van der Waals surface area contributed by atoms with E-state index in [0.717, 1.165) is 19.5 Å². The molecule has 0 saturated carbocycles. The molecule has 1 heterocycles. The smallest absolute Gasteiger partial charge is 0.240 e. The fourth-order valence-electron chi connectivity index (χ4n) is 1.77. The van der Waals surface area contributed by atoms with Crippen molar-refractivity contribution in [3.63, 3.8) is 0 Å². The summed E-state index contributed by atoms with van der Waals surface area (Å²) in [5, 5.41) is 6.14. The molecule has 1 aliphatic rings. The predicted octanol–water partition coefficient (Wildman–Crippen LogP) is 0.511. The summed E-state index contributed by atoms with van der Waals surface area (Å²) in [6, 6.07) is 0. The zero-order valence-corrected chi connectivity index (χ0v) is 8.11. The molecule has 0 aromatic rings. The summed E-state index contributed by atoms with van der Waals surface area (Å²) in [4.78, 5) is 11.5. The first-order chi connectivity index (χ1) is 5.54. The van der Waals surface area contributed by atoms with Crippen molar-refractivity contribution in [1.29, 1.82) is 0 Å². The topological polar surface area (TPSA) is 41.1 Å². The van der Waals surface area contributed by atoms with E-state index in [1.807, 2.05) is 6.92 Å². The van der Waals surface area contributed by atoms with Gasteiger partial charge in [0.2, 0.25) is 5.91 Å². The van der Waals surface area contributed by atoms with Crippen LogP contribution in [0.5, 0.6) is 0 Å². The molecule has 3 nitrogen and oxygen atoms in total. The lowest BCUT2D eigenvalue weighted by atomic mass is 9.88. The van der Waals surface area contributed by atoms with Gasteiger partial charge in [-0.25, -0.2) is 0 Å². The summed E-state index contributed by atoms with van der Waals surface area (Å²) in [6.07, 6.45) is 0.902. The Morgan fingerprint density at radius 1 is 1.50 bits per heavy atom. The molecule has 1 atom stereocenters. The van der Waals surface area contributed by atoms with Crippen LogP contribution in [0.25, 0.3) is 0 Å². The van der Waals surface area contributed by atoms with E-state index >= 15 is 0 Å². The molecule has 2 N–H and O–H groups in total. The lowest BCUT2D eigenvalue weighted by Gasteiger charge is -2.35. The summed E-state index contributed by atoms with van der Waals surface area (Å²) < 4.78 is 0. The van der Waals surface area contributed by atoms with Gasteiger partial charge in [0.05, 0.1) is 5.54 Å². The zero-order chi connectivity index (χ0) is 9.19. The van der Waals surface area contributed by atoms with Gasteiger partial charge in [-0.1, -0.05) is 13.8 Å². The number of hydrogen-bond donors (Lipinski definition) is 2. The number of hydrogen-bond acceptors (Lipinski definition) is 2. The Kier molecular flexibility index (Phi) is 2.73. The van der Waals surface area contributed by atoms with Gasteiger partial charge >= 0.3 is 0 Å². The van der Waals surface area contributed by atoms with Crippen molar-refractivity contribution in [2.24, 2.45) is 5.92 Å². The molecule has 0 aromatic heterocycles. The van der Waals surface area contributed by atoms with Crippen LogP contribution in [-0.2, 0) is 4.79 Å². The second-order valence-corrected chi connectivity index (χ2v) is 4.11. The lowest BCUT2D eigenvalue weighted by molar-refractivity contribution is -0.129. The number of nitrogens with one attached hydrogen (secondary N) is 2. The monoisotopic (exact) mass is 170 g/mol. The number of piperazine rings is 1. The molecule has 1 aliphatic heterocycles. The van der Waals surface area contributed by atoms with Crippen LogP contribution in [0.2, 0.25) is 0 Å². The Bertz CT molecular complexity index is 179. The van der Waals surface area contributed by atoms with Gasteiger partial charge in [0.1, 0.15) is 0 Å². The average molecular weight is 170 g/mol. The van der Waals surface area contributed by atoms with Gasteiger partial charge in [-0.3, -0.25) is 4.79 Å². The van der Waals surface area contributed by atoms with Crippen LogP contribution in [0.1, 0.15) is 27.2 Å². The minimum absolute atomic E-state index is 0.141. The van der Waals surface area contributed by atoms with E-state index in [2.05, 4.69) is 24.5 Å². The molecule has 0 radical (unpaired) electrons. The second-order valence-electron chi connectivity index (χ2n) is 4.11. The Labute approximate surface area is 73.9 Å². The Balaban J connectivity index is 2.59. The van der Waals surface area contributed by atoms with Crippen LogP contribution in [0, 0.1) is 5.92 Å². The maximum atomic E-state index is 11.5. The molecule has 1 amide bonds. The zero-order valence-electron chi connectivity index (χ0n) is 8.11. The van der Waals surface area contributed by atoms with Gasteiger partial charge in [0.15, 0.2) is 0 Å². The van der Waals surface area contributed by atoms with Crippen LogP contribution in [-0.4, -0.2) is 24.5 Å². The first-order valence-corrected chi connectivity index (χ1v) is 4.58. The first-order valence-electron chi connectivity index (χ1n) is 4.58. The normalized spacial score (nSPS) is 30.5. The number of rotatable bonds is 2. The minimum atomic E-state index is -0.341. The third-order valence-electron chi connectivity index (χ3n) is 2.24. The number of amides is 1. The summed E-state index contributed by atoms with van der Waals surface area (Å²) in [7, 11) is 0. The summed E-state index contributed by atoms with van der Waals surface area (Å²) >= 11 is 0. The van der Waals surface area contributed by atoms with Gasteiger partial charge in [-0.2, -0.15) is 0 Å². The molecule has 0 bridgehead atoms. The highest BCUT2D eigenvalue weighted by Crippen LogP contribution is 2.17. The van der Waals surface area contributed by atoms with E-state index in [-0.39, 0.29) is 11.4 Å². The molecule has 1 rings (SSSR count). The predicted molar refractivity (Wildman–Crippen MR) is 48.9 cm³/mol. The summed E-state index contributed by atoms with van der Waals surface area (Å²) in [5.74, 6) is 0.689. The highest BCUT2D eigenvalue weighted by molar-refractivity contribution is 5.86. The third kappa shape index (κ3) is 1.97. The second kappa shape index (κ2) is 3.44. The van der Waals surface area contributed by atoms with E-state index in [0.29, 0.717) is 5.92 Å². The molecular formula is C9H18N2O. The van der Waals surface area contributed by atoms with Crippen molar-refractivity contribution < 1.29 is 4.79 Å². The molecule has 70 valence electrons. The lowest BCUT2D eigenvalue weighted by Crippen LogP contribution is -2.61. The SMILES string of the molecule is CC(C)CC1(C)NCCNC1=O. The molecule has 0 spiro atoms. The summed E-state index contributed by atoms with van der Waals surface area (Å²) in [5.41, 5.74) is -0.341. The van der Waals surface area contributed by atoms with Crippen LogP contribution >= 0.6 is 0 Å². The van der Waals surface area contributed by atoms with Gasteiger partial charge in [0.25, 0.3) is 0 Å². The van der Waals surface area contributed by atoms with Crippen molar-refractivity contribution in [3.05, 3.63) is 0 Å². The molecule has 3 heteroatoms. The van der Waals surface area contributed by atoms with E-state index < -0.39 is 0 Å². The molecule has 1 unspecified atom stereocenters. The molecule has 1 saturated heterocycles. The average Bonchev–Trinajstić information content (AvgIpc) is 1.94. The van der Waals surface area contributed by atoms with E-state index in [4.69, 9.17) is 0 Å². The quantitative estimate of drug-likeness (QED) is 0.634. The Hall–Kier alpha value is -0.570. The molecule has 12 heavy (non-hydrogen) atoms. The van der Waals surface area contributed by atoms with Crippen LogP contribution in [0.15, 0.2) is 0 Å².